The van der Waals surface area contributed by atoms with E-state index in [1.807, 2.05) is 12.1 Å². The van der Waals surface area contributed by atoms with Crippen LogP contribution in [0.4, 0.5) is 0 Å². The fourth-order valence-corrected chi connectivity index (χ4v) is 2.84. The lowest BCUT2D eigenvalue weighted by atomic mass is 10.1. The third-order valence-corrected chi connectivity index (χ3v) is 3.93. The Balaban J connectivity index is 1.64. The maximum atomic E-state index is 6.10. The number of rotatable bonds is 3. The molecule has 1 aromatic carbocycles. The topological polar surface area (TPSA) is 18.5 Å². The molecule has 0 spiro atoms. The SMILES string of the molecule is [c]1ccc(C2COCC(Cc3ccccc3)O2)s1. The van der Waals surface area contributed by atoms with Crippen LogP contribution in [0.1, 0.15) is 16.5 Å². The molecule has 0 aliphatic carbocycles. The van der Waals surface area contributed by atoms with Crippen LogP contribution in [-0.4, -0.2) is 19.3 Å². The maximum Gasteiger partial charge on any atom is 0.115 e. The van der Waals surface area contributed by atoms with Gasteiger partial charge >= 0.3 is 0 Å². The molecule has 0 saturated carbocycles. The smallest absolute Gasteiger partial charge is 0.115 e. The van der Waals surface area contributed by atoms with Gasteiger partial charge in [0.2, 0.25) is 0 Å². The Kier molecular flexibility index (Phi) is 3.74. The number of hydrogen-bond donors (Lipinski definition) is 0. The molecular formula is C15H15O2S. The van der Waals surface area contributed by atoms with Crippen molar-refractivity contribution in [3.63, 3.8) is 0 Å². The fourth-order valence-electron chi connectivity index (χ4n) is 2.18. The molecule has 1 aliphatic heterocycles. The zero-order chi connectivity index (χ0) is 12.2. The van der Waals surface area contributed by atoms with Gasteiger partial charge in [-0.3, -0.25) is 0 Å². The van der Waals surface area contributed by atoms with Gasteiger partial charge in [0.25, 0.3) is 0 Å². The first kappa shape index (κ1) is 11.9. The van der Waals surface area contributed by atoms with Crippen molar-refractivity contribution in [2.75, 3.05) is 13.2 Å². The van der Waals surface area contributed by atoms with E-state index in [4.69, 9.17) is 9.47 Å². The number of benzene rings is 1. The van der Waals surface area contributed by atoms with Gasteiger partial charge in [0.15, 0.2) is 0 Å². The average Bonchev–Trinajstić information content (AvgIpc) is 2.94. The lowest BCUT2D eigenvalue weighted by Crippen LogP contribution is -2.32. The highest BCUT2D eigenvalue weighted by molar-refractivity contribution is 7.09. The van der Waals surface area contributed by atoms with E-state index in [0.717, 1.165) is 6.42 Å². The molecule has 1 aliphatic rings. The summed E-state index contributed by atoms with van der Waals surface area (Å²) in [5.41, 5.74) is 1.30. The Bertz CT molecular complexity index is 467. The second-order valence-corrected chi connectivity index (χ2v) is 5.34. The molecule has 2 unspecified atom stereocenters. The summed E-state index contributed by atoms with van der Waals surface area (Å²) < 4.78 is 11.8. The summed E-state index contributed by atoms with van der Waals surface area (Å²) in [5.74, 6) is 0. The second kappa shape index (κ2) is 5.65. The normalized spacial score (nSPS) is 24.0. The van der Waals surface area contributed by atoms with E-state index in [1.54, 1.807) is 11.3 Å². The van der Waals surface area contributed by atoms with Gasteiger partial charge in [-0.15, -0.1) is 11.3 Å². The molecule has 3 rings (SSSR count). The molecule has 2 nitrogen and oxygen atoms in total. The molecule has 1 radical (unpaired) electrons. The first-order valence-electron chi connectivity index (χ1n) is 6.15. The molecule has 0 amide bonds. The molecule has 93 valence electrons. The Labute approximate surface area is 111 Å². The molecule has 2 heterocycles. The van der Waals surface area contributed by atoms with E-state index >= 15 is 0 Å². The predicted molar refractivity (Wildman–Crippen MR) is 71.7 cm³/mol. The summed E-state index contributed by atoms with van der Waals surface area (Å²) in [6, 6.07) is 14.4. The maximum absolute atomic E-state index is 6.10. The lowest BCUT2D eigenvalue weighted by Gasteiger charge is -2.29. The summed E-state index contributed by atoms with van der Waals surface area (Å²) in [7, 11) is 0. The molecule has 2 atom stereocenters. The van der Waals surface area contributed by atoms with Crippen LogP contribution in [0.3, 0.4) is 0 Å². The Morgan fingerprint density at radius 1 is 1.17 bits per heavy atom. The Morgan fingerprint density at radius 3 is 2.83 bits per heavy atom. The van der Waals surface area contributed by atoms with Crippen LogP contribution in [0.2, 0.25) is 0 Å². The highest BCUT2D eigenvalue weighted by atomic mass is 32.1. The van der Waals surface area contributed by atoms with Crippen molar-refractivity contribution in [1.82, 2.24) is 0 Å². The van der Waals surface area contributed by atoms with Gasteiger partial charge in [0.1, 0.15) is 6.10 Å². The quantitative estimate of drug-likeness (QED) is 0.842. The molecule has 2 aromatic rings. The highest BCUT2D eigenvalue weighted by Gasteiger charge is 2.25. The Hall–Kier alpha value is -1.16. The summed E-state index contributed by atoms with van der Waals surface area (Å²) in [6.45, 7) is 1.33. The van der Waals surface area contributed by atoms with Crippen LogP contribution in [0.5, 0.6) is 0 Å². The van der Waals surface area contributed by atoms with Crippen molar-refractivity contribution in [1.29, 1.82) is 0 Å². The van der Waals surface area contributed by atoms with Gasteiger partial charge in [0, 0.05) is 16.7 Å². The summed E-state index contributed by atoms with van der Waals surface area (Å²) in [5, 5.41) is 3.10. The summed E-state index contributed by atoms with van der Waals surface area (Å²) in [4.78, 5) is 1.20. The molecule has 1 fully saturated rings. The van der Waals surface area contributed by atoms with Crippen molar-refractivity contribution in [2.45, 2.75) is 18.6 Å². The zero-order valence-electron chi connectivity index (χ0n) is 10.0. The molecule has 0 bridgehead atoms. The number of ether oxygens (including phenoxy) is 2. The fraction of sp³-hybridized carbons (Fsp3) is 0.333. The van der Waals surface area contributed by atoms with Gasteiger partial charge in [-0.2, -0.15) is 0 Å². The van der Waals surface area contributed by atoms with Crippen molar-refractivity contribution in [2.24, 2.45) is 0 Å². The van der Waals surface area contributed by atoms with Crippen LogP contribution < -0.4 is 0 Å². The van der Waals surface area contributed by atoms with E-state index in [1.165, 1.54) is 10.4 Å². The predicted octanol–water partition coefficient (Wildman–Crippen LogP) is 3.25. The van der Waals surface area contributed by atoms with Crippen molar-refractivity contribution in [3.8, 4) is 0 Å². The number of hydrogen-bond acceptors (Lipinski definition) is 3. The Morgan fingerprint density at radius 2 is 2.06 bits per heavy atom. The third kappa shape index (κ3) is 2.80. The molecule has 3 heteroatoms. The van der Waals surface area contributed by atoms with Crippen LogP contribution in [0.15, 0.2) is 42.5 Å². The minimum absolute atomic E-state index is 0.0729. The van der Waals surface area contributed by atoms with Crippen molar-refractivity contribution < 1.29 is 9.47 Å². The largest absolute Gasteiger partial charge is 0.376 e. The highest BCUT2D eigenvalue weighted by Crippen LogP contribution is 2.27. The molecular weight excluding hydrogens is 244 g/mol. The standard InChI is InChI=1S/C15H15O2S/c1-2-5-12(6-3-1)9-13-10-16-11-14(17-13)15-7-4-8-18-15/h1-7,13-14H,9-11H2. The van der Waals surface area contributed by atoms with E-state index in [2.05, 4.69) is 35.7 Å². The van der Waals surface area contributed by atoms with Crippen LogP contribution >= 0.6 is 11.3 Å². The molecule has 0 N–H and O–H groups in total. The summed E-state index contributed by atoms with van der Waals surface area (Å²) >= 11 is 1.61. The first-order valence-corrected chi connectivity index (χ1v) is 6.96. The van der Waals surface area contributed by atoms with Crippen LogP contribution in [0.25, 0.3) is 0 Å². The van der Waals surface area contributed by atoms with Gasteiger partial charge in [-0.05, 0) is 17.7 Å². The van der Waals surface area contributed by atoms with Crippen molar-refractivity contribution in [3.05, 3.63) is 58.3 Å². The van der Waals surface area contributed by atoms with E-state index in [-0.39, 0.29) is 12.2 Å². The van der Waals surface area contributed by atoms with Crippen LogP contribution in [0, 0.1) is 5.38 Å². The monoisotopic (exact) mass is 259 g/mol. The van der Waals surface area contributed by atoms with Gasteiger partial charge < -0.3 is 9.47 Å². The average molecular weight is 259 g/mol. The molecule has 1 saturated heterocycles. The van der Waals surface area contributed by atoms with E-state index in [9.17, 15) is 0 Å². The minimum atomic E-state index is 0.0729. The van der Waals surface area contributed by atoms with Crippen molar-refractivity contribution >= 4 is 11.3 Å². The molecule has 1 aromatic heterocycles. The van der Waals surface area contributed by atoms with Gasteiger partial charge in [-0.25, -0.2) is 0 Å². The lowest BCUT2D eigenvalue weighted by molar-refractivity contribution is -0.138. The second-order valence-electron chi connectivity index (χ2n) is 4.43. The number of thiophene rings is 1. The van der Waals surface area contributed by atoms with E-state index < -0.39 is 0 Å². The molecule has 18 heavy (non-hydrogen) atoms. The minimum Gasteiger partial charge on any atom is -0.376 e. The van der Waals surface area contributed by atoms with Gasteiger partial charge in [0.05, 0.1) is 19.3 Å². The summed E-state index contributed by atoms with van der Waals surface area (Å²) in [6.07, 6.45) is 1.13. The van der Waals surface area contributed by atoms with E-state index in [0.29, 0.717) is 13.2 Å². The van der Waals surface area contributed by atoms with Gasteiger partial charge in [-0.1, -0.05) is 30.3 Å². The third-order valence-electron chi connectivity index (χ3n) is 3.05. The zero-order valence-corrected chi connectivity index (χ0v) is 10.9. The van der Waals surface area contributed by atoms with Crippen LogP contribution in [-0.2, 0) is 15.9 Å². The first-order chi connectivity index (χ1) is 8.92.